The summed E-state index contributed by atoms with van der Waals surface area (Å²) in [6.45, 7) is 3.65. The molecule has 26 heavy (non-hydrogen) atoms. The van der Waals surface area contributed by atoms with Gasteiger partial charge in [0.15, 0.2) is 5.96 Å². The van der Waals surface area contributed by atoms with Gasteiger partial charge in [-0.3, -0.25) is 0 Å². The third-order valence-electron chi connectivity index (χ3n) is 4.90. The van der Waals surface area contributed by atoms with Crippen molar-refractivity contribution in [3.8, 4) is 5.75 Å². The number of nitrogens with zero attached hydrogens (tertiary/aromatic N) is 2. The van der Waals surface area contributed by atoms with E-state index in [4.69, 9.17) is 4.74 Å². The number of benzene rings is 1. The Morgan fingerprint density at radius 1 is 1.46 bits per heavy atom. The second-order valence-corrected chi connectivity index (χ2v) is 7.69. The van der Waals surface area contributed by atoms with E-state index in [-0.39, 0.29) is 17.7 Å². The van der Waals surface area contributed by atoms with E-state index in [1.807, 2.05) is 6.92 Å². The highest BCUT2D eigenvalue weighted by atomic mass is 79.9. The van der Waals surface area contributed by atoms with Crippen molar-refractivity contribution in [1.82, 2.24) is 10.2 Å². The fourth-order valence-electron chi connectivity index (χ4n) is 3.56. The van der Waals surface area contributed by atoms with Crippen LogP contribution in [0.3, 0.4) is 0 Å². The Kier molecular flexibility index (Phi) is 6.34. The van der Waals surface area contributed by atoms with Gasteiger partial charge < -0.3 is 19.7 Å². The molecule has 3 rings (SSSR count). The van der Waals surface area contributed by atoms with Gasteiger partial charge in [-0.25, -0.2) is 4.99 Å². The van der Waals surface area contributed by atoms with Crippen molar-refractivity contribution in [3.63, 3.8) is 0 Å². The summed E-state index contributed by atoms with van der Waals surface area (Å²) in [5.74, 6) is 0.962. The van der Waals surface area contributed by atoms with Crippen LogP contribution < -0.4 is 10.1 Å². The summed E-state index contributed by atoms with van der Waals surface area (Å²) in [6.07, 6.45) is 2.18. The molecule has 8 heteroatoms. The zero-order valence-electron chi connectivity index (χ0n) is 14.8. The van der Waals surface area contributed by atoms with Gasteiger partial charge >= 0.3 is 6.61 Å². The van der Waals surface area contributed by atoms with Crippen LogP contribution in [-0.4, -0.2) is 50.3 Å². The van der Waals surface area contributed by atoms with E-state index < -0.39 is 6.61 Å². The largest absolute Gasteiger partial charge is 0.434 e. The number of hydrogen-bond acceptors (Lipinski definition) is 3. The molecular formula is C18H24BrF2N3O2. The normalized spacial score (nSPS) is 23.3. The Morgan fingerprint density at radius 3 is 3.00 bits per heavy atom. The Bertz CT molecular complexity index is 651. The minimum atomic E-state index is -2.85. The van der Waals surface area contributed by atoms with Gasteiger partial charge in [0.1, 0.15) is 5.75 Å². The van der Waals surface area contributed by atoms with E-state index in [1.165, 1.54) is 6.07 Å². The van der Waals surface area contributed by atoms with Crippen LogP contribution in [0.5, 0.6) is 5.75 Å². The minimum Gasteiger partial charge on any atom is -0.434 e. The summed E-state index contributed by atoms with van der Waals surface area (Å²) in [5, 5.41) is 3.31. The number of aliphatic imine (C=N–C) groups is 1. The molecule has 1 N–H and O–H groups in total. The number of alkyl halides is 2. The second kappa shape index (κ2) is 8.52. The first kappa shape index (κ1) is 19.4. The van der Waals surface area contributed by atoms with Gasteiger partial charge in [0.2, 0.25) is 0 Å². The van der Waals surface area contributed by atoms with E-state index in [1.54, 1.807) is 12.1 Å². The average Bonchev–Trinajstić information content (AvgIpc) is 3.23. The Labute approximate surface area is 160 Å². The quantitative estimate of drug-likeness (QED) is 0.571. The van der Waals surface area contributed by atoms with Crippen LogP contribution in [0.15, 0.2) is 27.7 Å². The standard InChI is InChI=1S/C18H24BrF2N3O2/c1-2-22-17(24-7-5-18(11-24)6-8-25-12-18)23-10-13-9-14(19)3-4-15(13)26-16(20)21/h3-4,9,16H,2,5-8,10-12H2,1H3,(H,22,23). The van der Waals surface area contributed by atoms with Gasteiger partial charge in [0.05, 0.1) is 13.2 Å². The summed E-state index contributed by atoms with van der Waals surface area (Å²) >= 11 is 3.38. The molecule has 5 nitrogen and oxygen atoms in total. The van der Waals surface area contributed by atoms with Crippen LogP contribution in [0.2, 0.25) is 0 Å². The smallest absolute Gasteiger partial charge is 0.387 e. The van der Waals surface area contributed by atoms with E-state index in [9.17, 15) is 8.78 Å². The summed E-state index contributed by atoms with van der Waals surface area (Å²) < 4.78 is 36.3. The topological polar surface area (TPSA) is 46.1 Å². The number of nitrogens with one attached hydrogen (secondary N) is 1. The zero-order chi connectivity index (χ0) is 18.6. The molecule has 0 amide bonds. The number of guanidine groups is 1. The fraction of sp³-hybridized carbons (Fsp3) is 0.611. The summed E-state index contributed by atoms with van der Waals surface area (Å²) in [7, 11) is 0. The molecule has 144 valence electrons. The maximum absolute atomic E-state index is 12.6. The van der Waals surface area contributed by atoms with Crippen LogP contribution in [0, 0.1) is 5.41 Å². The molecule has 0 aliphatic carbocycles. The third kappa shape index (κ3) is 4.65. The van der Waals surface area contributed by atoms with Crippen molar-refractivity contribution in [2.45, 2.75) is 32.9 Å². The molecule has 1 unspecified atom stereocenters. The van der Waals surface area contributed by atoms with Crippen molar-refractivity contribution in [2.75, 3.05) is 32.8 Å². The van der Waals surface area contributed by atoms with Crippen molar-refractivity contribution < 1.29 is 18.3 Å². The molecule has 0 radical (unpaired) electrons. The van der Waals surface area contributed by atoms with Crippen LogP contribution in [0.4, 0.5) is 8.78 Å². The zero-order valence-corrected chi connectivity index (χ0v) is 16.4. The third-order valence-corrected chi connectivity index (χ3v) is 5.39. The van der Waals surface area contributed by atoms with Gasteiger partial charge in [0, 0.05) is 41.7 Å². The molecule has 1 spiro atoms. The Morgan fingerprint density at radius 2 is 2.31 bits per heavy atom. The molecule has 1 atom stereocenters. The maximum Gasteiger partial charge on any atom is 0.387 e. The molecule has 2 aliphatic rings. The van der Waals surface area contributed by atoms with Crippen LogP contribution in [-0.2, 0) is 11.3 Å². The number of rotatable bonds is 5. The maximum atomic E-state index is 12.6. The second-order valence-electron chi connectivity index (χ2n) is 6.77. The van der Waals surface area contributed by atoms with E-state index in [2.05, 4.69) is 35.9 Å². The first-order valence-electron chi connectivity index (χ1n) is 8.85. The van der Waals surface area contributed by atoms with Gasteiger partial charge in [0.25, 0.3) is 0 Å². The molecule has 0 saturated carbocycles. The van der Waals surface area contributed by atoms with E-state index in [0.717, 1.165) is 56.1 Å². The molecule has 2 fully saturated rings. The predicted octanol–water partition coefficient (Wildman–Crippen LogP) is 3.63. The predicted molar refractivity (Wildman–Crippen MR) is 99.6 cm³/mol. The van der Waals surface area contributed by atoms with Crippen molar-refractivity contribution in [2.24, 2.45) is 10.4 Å². The molecule has 1 aromatic rings. The van der Waals surface area contributed by atoms with Crippen LogP contribution in [0.25, 0.3) is 0 Å². The van der Waals surface area contributed by atoms with E-state index >= 15 is 0 Å². The highest BCUT2D eigenvalue weighted by Crippen LogP contribution is 2.38. The number of ether oxygens (including phenoxy) is 2. The highest BCUT2D eigenvalue weighted by Gasteiger charge is 2.42. The SMILES string of the molecule is CCNC(=NCc1cc(Br)ccc1OC(F)F)N1CCC2(CCOC2)C1. The molecule has 2 heterocycles. The van der Waals surface area contributed by atoms with E-state index in [0.29, 0.717) is 5.56 Å². The van der Waals surface area contributed by atoms with Gasteiger partial charge in [-0.15, -0.1) is 0 Å². The molecule has 2 aliphatic heterocycles. The molecule has 2 saturated heterocycles. The number of halogens is 3. The highest BCUT2D eigenvalue weighted by molar-refractivity contribution is 9.10. The minimum absolute atomic E-state index is 0.157. The summed E-state index contributed by atoms with van der Waals surface area (Å²) in [4.78, 5) is 6.91. The summed E-state index contributed by atoms with van der Waals surface area (Å²) in [5.41, 5.74) is 0.851. The first-order valence-corrected chi connectivity index (χ1v) is 9.65. The van der Waals surface area contributed by atoms with Crippen LogP contribution in [0.1, 0.15) is 25.3 Å². The van der Waals surface area contributed by atoms with Gasteiger partial charge in [-0.2, -0.15) is 8.78 Å². The fourth-order valence-corrected chi connectivity index (χ4v) is 3.96. The van der Waals surface area contributed by atoms with Crippen molar-refractivity contribution >= 4 is 21.9 Å². The number of likely N-dealkylation sites (tertiary alicyclic amines) is 1. The molecule has 1 aromatic carbocycles. The lowest BCUT2D eigenvalue weighted by atomic mass is 9.87. The van der Waals surface area contributed by atoms with Crippen molar-refractivity contribution in [3.05, 3.63) is 28.2 Å². The molecule has 0 bridgehead atoms. The van der Waals surface area contributed by atoms with Crippen LogP contribution >= 0.6 is 15.9 Å². The number of hydrogen-bond donors (Lipinski definition) is 1. The lowest BCUT2D eigenvalue weighted by Gasteiger charge is -2.25. The van der Waals surface area contributed by atoms with Gasteiger partial charge in [-0.1, -0.05) is 15.9 Å². The Balaban J connectivity index is 1.75. The lowest BCUT2D eigenvalue weighted by molar-refractivity contribution is -0.0504. The Hall–Kier alpha value is -1.41. The molecule has 0 aromatic heterocycles. The monoisotopic (exact) mass is 431 g/mol. The lowest BCUT2D eigenvalue weighted by Crippen LogP contribution is -2.41. The first-order chi connectivity index (χ1) is 12.5. The van der Waals surface area contributed by atoms with Crippen molar-refractivity contribution in [1.29, 1.82) is 0 Å². The average molecular weight is 432 g/mol. The molecular weight excluding hydrogens is 408 g/mol. The van der Waals surface area contributed by atoms with Gasteiger partial charge in [-0.05, 0) is 38.0 Å². The summed E-state index contributed by atoms with van der Waals surface area (Å²) in [6, 6.07) is 4.98.